The fourth-order valence-corrected chi connectivity index (χ4v) is 2.88. The number of aryl methyl sites for hydroxylation is 1. The molecule has 1 atom stereocenters. The first-order chi connectivity index (χ1) is 12.4. The van der Waals surface area contributed by atoms with Crippen molar-refractivity contribution in [2.45, 2.75) is 32.4 Å². The smallest absolute Gasteiger partial charge is 0.240 e. The first-order valence-corrected chi connectivity index (χ1v) is 8.61. The van der Waals surface area contributed by atoms with E-state index in [1.54, 1.807) is 19.1 Å². The summed E-state index contributed by atoms with van der Waals surface area (Å²) >= 11 is 0. The number of carbonyl (C=O) groups excluding carboxylic acids is 1. The van der Waals surface area contributed by atoms with Crippen LogP contribution in [0, 0.1) is 6.92 Å². The molecule has 3 rings (SSSR count). The van der Waals surface area contributed by atoms with Crippen LogP contribution in [0.2, 0.25) is 0 Å². The van der Waals surface area contributed by atoms with Gasteiger partial charge in [-0.05, 0) is 38.1 Å². The maximum absolute atomic E-state index is 12.0. The summed E-state index contributed by atoms with van der Waals surface area (Å²) in [5.41, 5.74) is 0.194. The SMILES string of the molecule is Cc1nc(-c2ccc(OC[C@H](O)CN3CCNC(=O)C3(C)C)cc2)no1. The van der Waals surface area contributed by atoms with Gasteiger partial charge in [0, 0.05) is 32.1 Å². The number of ether oxygens (including phenoxy) is 1. The number of piperazine rings is 1. The fourth-order valence-electron chi connectivity index (χ4n) is 2.88. The lowest BCUT2D eigenvalue weighted by molar-refractivity contribution is -0.136. The van der Waals surface area contributed by atoms with E-state index in [-0.39, 0.29) is 12.5 Å². The van der Waals surface area contributed by atoms with Crippen molar-refractivity contribution in [3.8, 4) is 17.1 Å². The van der Waals surface area contributed by atoms with E-state index in [4.69, 9.17) is 9.26 Å². The Hall–Kier alpha value is -2.45. The molecule has 1 saturated heterocycles. The number of aromatic nitrogens is 2. The standard InChI is InChI=1S/C18H24N4O4/c1-12-20-16(21-26-12)13-4-6-15(7-5-13)25-11-14(23)10-22-9-8-19-17(24)18(22,2)3/h4-7,14,23H,8-11H2,1-3H3,(H,19,24)/t14-/m1/s1. The van der Waals surface area contributed by atoms with Crippen LogP contribution in [0.15, 0.2) is 28.8 Å². The fraction of sp³-hybridized carbons (Fsp3) is 0.500. The van der Waals surface area contributed by atoms with E-state index in [0.29, 0.717) is 37.1 Å². The Labute approximate surface area is 152 Å². The van der Waals surface area contributed by atoms with Gasteiger partial charge in [-0.15, -0.1) is 0 Å². The van der Waals surface area contributed by atoms with E-state index >= 15 is 0 Å². The second kappa shape index (κ2) is 7.43. The summed E-state index contributed by atoms with van der Waals surface area (Å²) in [5, 5.41) is 17.0. The van der Waals surface area contributed by atoms with Gasteiger partial charge >= 0.3 is 0 Å². The molecule has 1 fully saturated rings. The van der Waals surface area contributed by atoms with Gasteiger partial charge in [-0.2, -0.15) is 4.98 Å². The number of aliphatic hydroxyl groups is 1. The van der Waals surface area contributed by atoms with Gasteiger partial charge in [-0.25, -0.2) is 0 Å². The molecule has 1 aromatic carbocycles. The number of β-amino-alcohol motifs (C(OH)–C–C–N with tert-alkyl or cyclic N) is 1. The van der Waals surface area contributed by atoms with Gasteiger partial charge in [0.1, 0.15) is 18.5 Å². The highest BCUT2D eigenvalue weighted by Crippen LogP contribution is 2.21. The van der Waals surface area contributed by atoms with E-state index in [1.165, 1.54) is 0 Å². The van der Waals surface area contributed by atoms with Crippen molar-refractivity contribution in [1.29, 1.82) is 0 Å². The van der Waals surface area contributed by atoms with Gasteiger partial charge in [0.05, 0.1) is 5.54 Å². The topological polar surface area (TPSA) is 101 Å². The third kappa shape index (κ3) is 4.03. The summed E-state index contributed by atoms with van der Waals surface area (Å²) in [6.45, 7) is 7.26. The molecule has 0 aliphatic carbocycles. The number of carbonyl (C=O) groups is 1. The normalized spacial score (nSPS) is 18.4. The molecule has 2 heterocycles. The molecule has 26 heavy (non-hydrogen) atoms. The molecule has 2 N–H and O–H groups in total. The zero-order valence-corrected chi connectivity index (χ0v) is 15.2. The molecular weight excluding hydrogens is 336 g/mol. The van der Waals surface area contributed by atoms with Crippen LogP contribution in [-0.4, -0.2) is 63.9 Å². The molecule has 1 amide bonds. The van der Waals surface area contributed by atoms with E-state index in [9.17, 15) is 9.90 Å². The number of amides is 1. The van der Waals surface area contributed by atoms with Crippen molar-refractivity contribution in [3.05, 3.63) is 30.2 Å². The zero-order valence-electron chi connectivity index (χ0n) is 15.2. The average Bonchev–Trinajstić information content (AvgIpc) is 3.04. The van der Waals surface area contributed by atoms with Gasteiger partial charge in [0.2, 0.25) is 17.6 Å². The number of hydrogen-bond donors (Lipinski definition) is 2. The highest BCUT2D eigenvalue weighted by molar-refractivity contribution is 5.86. The lowest BCUT2D eigenvalue weighted by atomic mass is 9.98. The van der Waals surface area contributed by atoms with E-state index in [2.05, 4.69) is 15.5 Å². The molecule has 1 aromatic heterocycles. The maximum Gasteiger partial charge on any atom is 0.240 e. The Morgan fingerprint density at radius 1 is 1.38 bits per heavy atom. The minimum Gasteiger partial charge on any atom is -0.491 e. The van der Waals surface area contributed by atoms with Crippen LogP contribution in [0.1, 0.15) is 19.7 Å². The Morgan fingerprint density at radius 3 is 2.77 bits per heavy atom. The molecule has 0 saturated carbocycles. The van der Waals surface area contributed by atoms with Crippen LogP contribution >= 0.6 is 0 Å². The predicted molar refractivity (Wildman–Crippen MR) is 94.6 cm³/mol. The lowest BCUT2D eigenvalue weighted by Crippen LogP contribution is -2.63. The number of rotatable bonds is 6. The van der Waals surface area contributed by atoms with Crippen molar-refractivity contribution in [1.82, 2.24) is 20.4 Å². The molecule has 0 unspecified atom stereocenters. The number of benzene rings is 1. The molecule has 140 valence electrons. The van der Waals surface area contributed by atoms with Crippen LogP contribution in [0.5, 0.6) is 5.75 Å². The maximum atomic E-state index is 12.0. The summed E-state index contributed by atoms with van der Waals surface area (Å²) in [5.74, 6) is 1.66. The second-order valence-corrected chi connectivity index (χ2v) is 6.89. The molecule has 1 aliphatic heterocycles. The molecule has 0 bridgehead atoms. The summed E-state index contributed by atoms with van der Waals surface area (Å²) in [6, 6.07) is 7.27. The molecule has 8 nitrogen and oxygen atoms in total. The quantitative estimate of drug-likeness (QED) is 0.792. The van der Waals surface area contributed by atoms with Gasteiger partial charge in [-0.3, -0.25) is 9.69 Å². The molecule has 8 heteroatoms. The Balaban J connectivity index is 1.53. The van der Waals surface area contributed by atoms with E-state index in [0.717, 1.165) is 5.56 Å². The molecule has 2 aromatic rings. The molecule has 0 spiro atoms. The Kier molecular flexibility index (Phi) is 5.24. The van der Waals surface area contributed by atoms with E-state index in [1.807, 2.05) is 30.9 Å². The highest BCUT2D eigenvalue weighted by atomic mass is 16.5. The minimum absolute atomic E-state index is 0.0239. The lowest BCUT2D eigenvalue weighted by Gasteiger charge is -2.41. The van der Waals surface area contributed by atoms with Crippen LogP contribution in [0.25, 0.3) is 11.4 Å². The van der Waals surface area contributed by atoms with Crippen LogP contribution < -0.4 is 10.1 Å². The van der Waals surface area contributed by atoms with Crippen LogP contribution in [-0.2, 0) is 4.79 Å². The summed E-state index contributed by atoms with van der Waals surface area (Å²) in [6.07, 6.45) is -0.695. The average molecular weight is 360 g/mol. The van der Waals surface area contributed by atoms with Crippen LogP contribution in [0.4, 0.5) is 0 Å². The van der Waals surface area contributed by atoms with Gasteiger partial charge in [-0.1, -0.05) is 5.16 Å². The second-order valence-electron chi connectivity index (χ2n) is 6.89. The number of hydrogen-bond acceptors (Lipinski definition) is 7. The molecular formula is C18H24N4O4. The zero-order chi connectivity index (χ0) is 18.7. The number of nitrogens with zero attached hydrogens (tertiary/aromatic N) is 3. The number of aliphatic hydroxyl groups excluding tert-OH is 1. The molecule has 0 radical (unpaired) electrons. The van der Waals surface area contributed by atoms with E-state index < -0.39 is 11.6 Å². The number of nitrogens with one attached hydrogen (secondary N) is 1. The van der Waals surface area contributed by atoms with Gasteiger partial charge in [0.15, 0.2) is 0 Å². The Bertz CT molecular complexity index is 757. The van der Waals surface area contributed by atoms with Crippen LogP contribution in [0.3, 0.4) is 0 Å². The molecule has 1 aliphatic rings. The summed E-state index contributed by atoms with van der Waals surface area (Å²) in [4.78, 5) is 18.1. The van der Waals surface area contributed by atoms with Gasteiger partial charge < -0.3 is 19.7 Å². The Morgan fingerprint density at radius 2 is 2.12 bits per heavy atom. The third-order valence-electron chi connectivity index (χ3n) is 4.53. The first-order valence-electron chi connectivity index (χ1n) is 8.61. The third-order valence-corrected chi connectivity index (χ3v) is 4.53. The highest BCUT2D eigenvalue weighted by Gasteiger charge is 2.38. The minimum atomic E-state index is -0.695. The first kappa shape index (κ1) is 18.3. The van der Waals surface area contributed by atoms with Crippen molar-refractivity contribution in [3.63, 3.8) is 0 Å². The van der Waals surface area contributed by atoms with Crippen molar-refractivity contribution >= 4 is 5.91 Å². The summed E-state index contributed by atoms with van der Waals surface area (Å²) in [7, 11) is 0. The monoisotopic (exact) mass is 360 g/mol. The van der Waals surface area contributed by atoms with Crippen molar-refractivity contribution in [2.75, 3.05) is 26.2 Å². The van der Waals surface area contributed by atoms with Gasteiger partial charge in [0.25, 0.3) is 0 Å². The predicted octanol–water partition coefficient (Wildman–Crippen LogP) is 0.995. The summed E-state index contributed by atoms with van der Waals surface area (Å²) < 4.78 is 10.6. The largest absolute Gasteiger partial charge is 0.491 e. The van der Waals surface area contributed by atoms with Crippen molar-refractivity contribution in [2.24, 2.45) is 0 Å². The van der Waals surface area contributed by atoms with Crippen molar-refractivity contribution < 1.29 is 19.2 Å².